The van der Waals surface area contributed by atoms with E-state index < -0.39 is 0 Å². The Bertz CT molecular complexity index is 207. The smallest absolute Gasteiger partial charge is 0.220 e. The maximum absolute atomic E-state index is 11.3. The molecule has 0 unspecified atom stereocenters. The summed E-state index contributed by atoms with van der Waals surface area (Å²) >= 11 is 0. The fourth-order valence-electron chi connectivity index (χ4n) is 2.48. The molecule has 1 amide bonds. The van der Waals surface area contributed by atoms with Crippen molar-refractivity contribution in [3.05, 3.63) is 0 Å². The summed E-state index contributed by atoms with van der Waals surface area (Å²) in [6, 6.07) is 0. The van der Waals surface area contributed by atoms with E-state index >= 15 is 0 Å². The second-order valence-corrected chi connectivity index (χ2v) is 4.58. The Balaban J connectivity index is 1.99. The van der Waals surface area contributed by atoms with Gasteiger partial charge in [-0.05, 0) is 44.8 Å². The van der Waals surface area contributed by atoms with E-state index in [4.69, 9.17) is 0 Å². The Kier molecular flexibility index (Phi) is 2.28. The first-order valence-electron chi connectivity index (χ1n) is 5.16. The molecule has 1 spiro atoms. The molecule has 0 aliphatic carbocycles. The predicted molar refractivity (Wildman–Crippen MR) is 51.4 cm³/mol. The Morgan fingerprint density at radius 1 is 1.31 bits per heavy atom. The third kappa shape index (κ3) is 1.85. The summed E-state index contributed by atoms with van der Waals surface area (Å²) in [6.07, 6.45) is 4.36. The minimum Gasteiger partial charge on any atom is -0.356 e. The van der Waals surface area contributed by atoms with Gasteiger partial charge in [0.1, 0.15) is 0 Å². The maximum atomic E-state index is 11.3. The van der Waals surface area contributed by atoms with Gasteiger partial charge in [0.25, 0.3) is 0 Å². The lowest BCUT2D eigenvalue weighted by molar-refractivity contribution is -0.126. The number of hydrogen-bond donors (Lipinski definition) is 1. The van der Waals surface area contributed by atoms with Crippen LogP contribution in [0.4, 0.5) is 0 Å². The van der Waals surface area contributed by atoms with Crippen molar-refractivity contribution in [1.82, 2.24) is 10.2 Å². The van der Waals surface area contributed by atoms with Gasteiger partial charge in [-0.15, -0.1) is 0 Å². The highest BCUT2D eigenvalue weighted by Crippen LogP contribution is 2.39. The van der Waals surface area contributed by atoms with E-state index in [1.54, 1.807) is 0 Å². The topological polar surface area (TPSA) is 32.3 Å². The van der Waals surface area contributed by atoms with Crippen molar-refractivity contribution in [2.24, 2.45) is 5.41 Å². The molecule has 1 N–H and O–H groups in total. The third-order valence-electron chi connectivity index (χ3n) is 3.56. The molecule has 13 heavy (non-hydrogen) atoms. The van der Waals surface area contributed by atoms with Gasteiger partial charge in [0.05, 0.1) is 0 Å². The van der Waals surface area contributed by atoms with Crippen molar-refractivity contribution >= 4 is 5.91 Å². The number of nitrogens with one attached hydrogen (secondary N) is 1. The van der Waals surface area contributed by atoms with Crippen LogP contribution in [0.1, 0.15) is 25.7 Å². The summed E-state index contributed by atoms with van der Waals surface area (Å²) in [7, 11) is 2.16. The number of nitrogens with zero attached hydrogens (tertiary/aromatic N) is 1. The molecule has 0 bridgehead atoms. The molecule has 2 rings (SSSR count). The second-order valence-electron chi connectivity index (χ2n) is 4.58. The summed E-state index contributed by atoms with van der Waals surface area (Å²) in [5.41, 5.74) is 0.356. The fraction of sp³-hybridized carbons (Fsp3) is 0.900. The standard InChI is InChI=1S/C10H18N2O/c1-12-6-3-10(4-7-12)2-5-11-9(13)8-10/h2-8H2,1H3,(H,11,13). The molecule has 2 heterocycles. The maximum Gasteiger partial charge on any atom is 0.220 e. The van der Waals surface area contributed by atoms with E-state index in [2.05, 4.69) is 17.3 Å². The fourth-order valence-corrected chi connectivity index (χ4v) is 2.48. The highest BCUT2D eigenvalue weighted by atomic mass is 16.1. The van der Waals surface area contributed by atoms with Gasteiger partial charge in [-0.2, -0.15) is 0 Å². The van der Waals surface area contributed by atoms with E-state index in [1.807, 2.05) is 0 Å². The van der Waals surface area contributed by atoms with Gasteiger partial charge < -0.3 is 10.2 Å². The van der Waals surface area contributed by atoms with Crippen LogP contribution in [0.25, 0.3) is 0 Å². The number of rotatable bonds is 0. The number of amides is 1. The molecule has 3 nitrogen and oxygen atoms in total. The van der Waals surface area contributed by atoms with E-state index in [1.165, 1.54) is 19.3 Å². The van der Waals surface area contributed by atoms with Gasteiger partial charge in [0.15, 0.2) is 0 Å². The van der Waals surface area contributed by atoms with Crippen LogP contribution in [0.2, 0.25) is 0 Å². The average molecular weight is 182 g/mol. The van der Waals surface area contributed by atoms with Crippen molar-refractivity contribution < 1.29 is 4.79 Å². The van der Waals surface area contributed by atoms with Crippen molar-refractivity contribution in [2.75, 3.05) is 26.7 Å². The van der Waals surface area contributed by atoms with Crippen LogP contribution < -0.4 is 5.32 Å². The lowest BCUT2D eigenvalue weighted by Crippen LogP contribution is -2.46. The predicted octanol–water partition coefficient (Wildman–Crippen LogP) is 0.608. The number of piperidine rings is 2. The van der Waals surface area contributed by atoms with E-state index in [-0.39, 0.29) is 5.91 Å². The monoisotopic (exact) mass is 182 g/mol. The number of likely N-dealkylation sites (tertiary alicyclic amines) is 1. The molecule has 2 saturated heterocycles. The first kappa shape index (κ1) is 9.00. The highest BCUT2D eigenvalue weighted by molar-refractivity contribution is 5.77. The van der Waals surface area contributed by atoms with Crippen molar-refractivity contribution in [2.45, 2.75) is 25.7 Å². The van der Waals surface area contributed by atoms with Crippen LogP contribution in [-0.4, -0.2) is 37.5 Å². The van der Waals surface area contributed by atoms with Crippen LogP contribution in [0, 0.1) is 5.41 Å². The summed E-state index contributed by atoms with van der Waals surface area (Å²) in [6.45, 7) is 3.21. The zero-order valence-electron chi connectivity index (χ0n) is 8.31. The van der Waals surface area contributed by atoms with E-state index in [9.17, 15) is 4.79 Å². The normalized spacial score (nSPS) is 28.8. The average Bonchev–Trinajstić information content (AvgIpc) is 2.11. The Labute approximate surface area is 79.5 Å². The SMILES string of the molecule is CN1CCC2(CCNC(=O)C2)CC1. The summed E-state index contributed by atoms with van der Waals surface area (Å²) < 4.78 is 0. The molecule has 0 saturated carbocycles. The van der Waals surface area contributed by atoms with Crippen molar-refractivity contribution in [3.63, 3.8) is 0 Å². The number of carbonyl (C=O) groups excluding carboxylic acids is 1. The Hall–Kier alpha value is -0.570. The number of hydrogen-bond acceptors (Lipinski definition) is 2. The second kappa shape index (κ2) is 3.29. The van der Waals surface area contributed by atoms with Gasteiger partial charge >= 0.3 is 0 Å². The minimum absolute atomic E-state index is 0.260. The first-order chi connectivity index (χ1) is 6.20. The molecule has 2 aliphatic heterocycles. The van der Waals surface area contributed by atoms with Crippen molar-refractivity contribution in [1.29, 1.82) is 0 Å². The zero-order chi connectivity index (χ0) is 9.31. The number of carbonyl (C=O) groups is 1. The van der Waals surface area contributed by atoms with Gasteiger partial charge in [-0.1, -0.05) is 0 Å². The summed E-state index contributed by atoms with van der Waals surface area (Å²) in [5, 5.41) is 2.91. The Morgan fingerprint density at radius 2 is 2.00 bits per heavy atom. The lowest BCUT2D eigenvalue weighted by atomic mass is 9.71. The summed E-state index contributed by atoms with van der Waals surface area (Å²) in [5.74, 6) is 0.260. The van der Waals surface area contributed by atoms with Gasteiger partial charge in [-0.3, -0.25) is 4.79 Å². The van der Waals surface area contributed by atoms with Crippen molar-refractivity contribution in [3.8, 4) is 0 Å². The van der Waals surface area contributed by atoms with Crippen LogP contribution in [0.5, 0.6) is 0 Å². The molecule has 74 valence electrons. The largest absolute Gasteiger partial charge is 0.356 e. The molecule has 3 heteroatoms. The first-order valence-corrected chi connectivity index (χ1v) is 5.16. The molecule has 0 atom stereocenters. The van der Waals surface area contributed by atoms with Crippen LogP contribution in [-0.2, 0) is 4.79 Å². The van der Waals surface area contributed by atoms with Crippen LogP contribution in [0.15, 0.2) is 0 Å². The quantitative estimate of drug-likeness (QED) is 0.595. The zero-order valence-corrected chi connectivity index (χ0v) is 8.31. The Morgan fingerprint density at radius 3 is 2.62 bits per heavy atom. The van der Waals surface area contributed by atoms with Crippen LogP contribution in [0.3, 0.4) is 0 Å². The molecule has 0 radical (unpaired) electrons. The molecular formula is C10H18N2O. The molecule has 0 aromatic heterocycles. The minimum atomic E-state index is 0.260. The third-order valence-corrected chi connectivity index (χ3v) is 3.56. The van der Waals surface area contributed by atoms with Gasteiger partial charge in [-0.25, -0.2) is 0 Å². The van der Waals surface area contributed by atoms with E-state index in [0.717, 1.165) is 26.1 Å². The molecule has 2 fully saturated rings. The van der Waals surface area contributed by atoms with Crippen LogP contribution >= 0.6 is 0 Å². The van der Waals surface area contributed by atoms with E-state index in [0.29, 0.717) is 5.41 Å². The molecule has 2 aliphatic rings. The highest BCUT2D eigenvalue weighted by Gasteiger charge is 2.37. The molecule has 0 aromatic carbocycles. The van der Waals surface area contributed by atoms with Gasteiger partial charge in [0, 0.05) is 13.0 Å². The summed E-state index contributed by atoms with van der Waals surface area (Å²) in [4.78, 5) is 13.7. The molecular weight excluding hydrogens is 164 g/mol. The van der Waals surface area contributed by atoms with Gasteiger partial charge in [0.2, 0.25) is 5.91 Å². The molecule has 0 aromatic rings. The lowest BCUT2D eigenvalue weighted by Gasteiger charge is -2.42.